The molecule has 6 heteroatoms. The highest BCUT2D eigenvalue weighted by Gasteiger charge is 2.26. The van der Waals surface area contributed by atoms with E-state index >= 15 is 0 Å². The number of ether oxygens (including phenoxy) is 1. The number of allylic oxidation sites excluding steroid dienone is 1. The minimum atomic E-state index is -2.65. The van der Waals surface area contributed by atoms with Gasteiger partial charge in [0.15, 0.2) is 5.76 Å². The van der Waals surface area contributed by atoms with E-state index in [4.69, 9.17) is 21.1 Å². The summed E-state index contributed by atoms with van der Waals surface area (Å²) < 4.78 is 11.6. The van der Waals surface area contributed by atoms with Gasteiger partial charge in [0, 0.05) is 5.56 Å². The van der Waals surface area contributed by atoms with Gasteiger partial charge in [0.1, 0.15) is 17.6 Å². The number of hydrogen-bond donors (Lipinski definition) is 0. The quantitative estimate of drug-likeness (QED) is 0.269. The smallest absolute Gasteiger partial charge is 0.343 e. The van der Waals surface area contributed by atoms with Gasteiger partial charge < -0.3 is 9.26 Å². The molecule has 4 nitrogen and oxygen atoms in total. The molecule has 0 aromatic heterocycles. The number of benzene rings is 2. The molecule has 0 fully saturated rings. The van der Waals surface area contributed by atoms with E-state index in [1.807, 2.05) is 38.1 Å². The molecule has 0 heterocycles. The van der Waals surface area contributed by atoms with Crippen molar-refractivity contribution in [3.05, 3.63) is 77.1 Å². The van der Waals surface area contributed by atoms with Crippen molar-refractivity contribution in [1.82, 2.24) is 0 Å². The Balaban J connectivity index is 2.50. The average Bonchev–Trinajstić information content (AvgIpc) is 2.67. The zero-order valence-electron chi connectivity index (χ0n) is 15.6. The first kappa shape index (κ1) is 21.1. The number of carbonyl (C=O) groups is 1. The van der Waals surface area contributed by atoms with Crippen molar-refractivity contribution in [3.8, 4) is 6.07 Å². The molecule has 0 aliphatic carbocycles. The van der Waals surface area contributed by atoms with E-state index in [1.165, 1.54) is 0 Å². The van der Waals surface area contributed by atoms with Crippen LogP contribution in [0.25, 0.3) is 5.76 Å². The Morgan fingerprint density at radius 3 is 2.07 bits per heavy atom. The largest absolute Gasteiger partial charge is 0.421 e. The van der Waals surface area contributed by atoms with Crippen molar-refractivity contribution >= 4 is 29.8 Å². The average molecular weight is 399 g/mol. The van der Waals surface area contributed by atoms with Crippen LogP contribution in [0.15, 0.2) is 66.0 Å². The highest BCUT2D eigenvalue weighted by atomic mass is 32.4. The summed E-state index contributed by atoms with van der Waals surface area (Å²) >= 11 is 5.65. The zero-order valence-corrected chi connectivity index (χ0v) is 17.3. The summed E-state index contributed by atoms with van der Waals surface area (Å²) in [6.45, 7) is 6.20. The normalized spacial score (nSPS) is 14.0. The SMILES string of the molecule is CC(C)CO[P@@](C)(=S)/C(C#N)=C(\OC(=O)c1ccccc1)c1ccccc1. The van der Waals surface area contributed by atoms with Crippen LogP contribution in [-0.4, -0.2) is 19.2 Å². The Morgan fingerprint density at radius 2 is 1.59 bits per heavy atom. The number of rotatable bonds is 7. The summed E-state index contributed by atoms with van der Waals surface area (Å²) in [6.07, 6.45) is -2.65. The molecule has 0 amide bonds. The van der Waals surface area contributed by atoms with Crippen LogP contribution in [0.5, 0.6) is 0 Å². The molecule has 0 radical (unpaired) electrons. The van der Waals surface area contributed by atoms with Crippen molar-refractivity contribution in [2.24, 2.45) is 5.92 Å². The van der Waals surface area contributed by atoms with Gasteiger partial charge >= 0.3 is 5.97 Å². The van der Waals surface area contributed by atoms with Gasteiger partial charge in [-0.25, -0.2) is 4.79 Å². The molecular formula is C21H22NO3PS. The molecule has 0 bridgehead atoms. The van der Waals surface area contributed by atoms with E-state index in [-0.39, 0.29) is 17.0 Å². The molecule has 0 spiro atoms. The highest BCUT2D eigenvalue weighted by molar-refractivity contribution is 8.14. The van der Waals surface area contributed by atoms with Gasteiger partial charge in [0.25, 0.3) is 0 Å². The van der Waals surface area contributed by atoms with E-state index in [9.17, 15) is 10.1 Å². The van der Waals surface area contributed by atoms with E-state index < -0.39 is 12.2 Å². The molecule has 0 aliphatic heterocycles. The third-order valence-corrected chi connectivity index (χ3v) is 6.24. The lowest BCUT2D eigenvalue weighted by molar-refractivity contribution is 0.0691. The van der Waals surface area contributed by atoms with Crippen LogP contribution in [0.3, 0.4) is 0 Å². The Hall–Kier alpha value is -2.25. The Kier molecular flexibility index (Phi) is 7.50. The summed E-state index contributed by atoms with van der Waals surface area (Å²) in [6, 6.07) is 19.8. The predicted octanol–water partition coefficient (Wildman–Crippen LogP) is 5.43. The number of esters is 1. The van der Waals surface area contributed by atoms with Gasteiger partial charge in [-0.05, 0) is 24.7 Å². The number of carbonyl (C=O) groups excluding carboxylic acids is 1. The van der Waals surface area contributed by atoms with Crippen molar-refractivity contribution in [2.45, 2.75) is 13.8 Å². The van der Waals surface area contributed by atoms with E-state index in [2.05, 4.69) is 6.07 Å². The van der Waals surface area contributed by atoms with Crippen LogP contribution in [0.2, 0.25) is 0 Å². The van der Waals surface area contributed by atoms with Crippen LogP contribution < -0.4 is 0 Å². The summed E-state index contributed by atoms with van der Waals surface area (Å²) in [5.41, 5.74) is 1.01. The lowest BCUT2D eigenvalue weighted by atomic mass is 10.1. The van der Waals surface area contributed by atoms with Gasteiger partial charge in [0.2, 0.25) is 0 Å². The van der Waals surface area contributed by atoms with Crippen LogP contribution in [0.1, 0.15) is 29.8 Å². The molecular weight excluding hydrogens is 377 g/mol. The lowest BCUT2D eigenvalue weighted by Crippen LogP contribution is -2.08. The van der Waals surface area contributed by atoms with Gasteiger partial charge in [0.05, 0.1) is 12.2 Å². The molecule has 2 rings (SSSR count). The van der Waals surface area contributed by atoms with Crippen LogP contribution in [-0.2, 0) is 21.1 Å². The predicted molar refractivity (Wildman–Crippen MR) is 112 cm³/mol. The second-order valence-corrected chi connectivity index (χ2v) is 10.9. The molecule has 1 atom stereocenters. The fraction of sp³-hybridized carbons (Fsp3) is 0.238. The van der Waals surface area contributed by atoms with Crippen molar-refractivity contribution in [3.63, 3.8) is 0 Å². The summed E-state index contributed by atoms with van der Waals surface area (Å²) in [5, 5.41) is 10.0. The molecule has 0 saturated heterocycles. The maximum atomic E-state index is 12.6. The molecule has 0 N–H and O–H groups in total. The first-order chi connectivity index (χ1) is 12.8. The van der Waals surface area contributed by atoms with Gasteiger partial charge in [-0.15, -0.1) is 0 Å². The Labute approximate surface area is 165 Å². The maximum absolute atomic E-state index is 12.6. The molecule has 2 aromatic rings. The second kappa shape index (κ2) is 9.62. The molecule has 0 aliphatic rings. The highest BCUT2D eigenvalue weighted by Crippen LogP contribution is 2.54. The molecule has 140 valence electrons. The van der Waals surface area contributed by atoms with E-state index in [0.717, 1.165) is 0 Å². The maximum Gasteiger partial charge on any atom is 0.343 e. The Morgan fingerprint density at radius 1 is 1.07 bits per heavy atom. The number of nitrogens with zero attached hydrogens (tertiary/aromatic N) is 1. The van der Waals surface area contributed by atoms with Crippen LogP contribution in [0, 0.1) is 17.2 Å². The second-order valence-electron chi connectivity index (χ2n) is 6.45. The topological polar surface area (TPSA) is 59.3 Å². The van der Waals surface area contributed by atoms with Crippen molar-refractivity contribution < 1.29 is 14.1 Å². The van der Waals surface area contributed by atoms with E-state index in [1.54, 1.807) is 43.1 Å². The third kappa shape index (κ3) is 5.87. The van der Waals surface area contributed by atoms with Crippen LogP contribution in [0.4, 0.5) is 0 Å². The first-order valence-electron chi connectivity index (χ1n) is 8.54. The number of nitriles is 1. The fourth-order valence-corrected chi connectivity index (χ4v) is 4.23. The lowest BCUT2D eigenvalue weighted by Gasteiger charge is -2.21. The minimum Gasteiger partial charge on any atom is -0.421 e. The number of hydrogen-bond acceptors (Lipinski definition) is 5. The van der Waals surface area contributed by atoms with Crippen molar-refractivity contribution in [1.29, 1.82) is 5.26 Å². The molecule has 0 unspecified atom stereocenters. The summed E-state index contributed by atoms with van der Waals surface area (Å²) in [4.78, 5) is 12.6. The fourth-order valence-electron chi connectivity index (χ4n) is 2.24. The van der Waals surface area contributed by atoms with Gasteiger partial charge in [-0.2, -0.15) is 5.26 Å². The monoisotopic (exact) mass is 399 g/mol. The minimum absolute atomic E-state index is 0.168. The molecule has 2 aromatic carbocycles. The van der Waals surface area contributed by atoms with Crippen molar-refractivity contribution in [2.75, 3.05) is 13.3 Å². The van der Waals surface area contributed by atoms with E-state index in [0.29, 0.717) is 17.7 Å². The Bertz CT molecular complexity index is 902. The third-order valence-electron chi connectivity index (χ3n) is 3.62. The summed E-state index contributed by atoms with van der Waals surface area (Å²) in [5.74, 6) is -0.0955. The molecule has 27 heavy (non-hydrogen) atoms. The van der Waals surface area contributed by atoms with Gasteiger partial charge in [-0.3, -0.25) is 0 Å². The molecule has 0 saturated carbocycles. The van der Waals surface area contributed by atoms with Crippen LogP contribution >= 0.6 is 6.26 Å². The standard InChI is InChI=1S/C21H22NO3PS/c1-16(2)15-24-26(3,27)19(14-22)20(17-10-6-4-7-11-17)25-21(23)18-12-8-5-9-13-18/h4-13,16H,15H2,1-3H3/b20-19-/t26-/m0/s1. The first-order valence-corrected chi connectivity index (χ1v) is 11.7. The zero-order chi connectivity index (χ0) is 19.9. The summed E-state index contributed by atoms with van der Waals surface area (Å²) in [7, 11) is 0. The van der Waals surface area contributed by atoms with Gasteiger partial charge in [-0.1, -0.05) is 74.2 Å².